The molecule has 0 bridgehead atoms. The molecule has 0 saturated carbocycles. The van der Waals surface area contributed by atoms with E-state index in [0.29, 0.717) is 35.0 Å². The second-order valence-corrected chi connectivity index (χ2v) is 9.22. The number of nitrogens with two attached hydrogens (primary N) is 1. The number of nitrogen functional groups attached to an aromatic ring is 1. The van der Waals surface area contributed by atoms with Gasteiger partial charge >= 0.3 is 0 Å². The summed E-state index contributed by atoms with van der Waals surface area (Å²) in [5.74, 6) is 0.845. The van der Waals surface area contributed by atoms with Gasteiger partial charge in [-0.2, -0.15) is 21.8 Å². The van der Waals surface area contributed by atoms with Gasteiger partial charge in [-0.15, -0.1) is 0 Å². The number of hydrogen-bond donors (Lipinski definition) is 2. The molecule has 188 valence electrons. The van der Waals surface area contributed by atoms with E-state index >= 15 is 0 Å². The topological polar surface area (TPSA) is 136 Å². The maximum atomic E-state index is 12.2. The first-order valence-electron chi connectivity index (χ1n) is 11.1. The Labute approximate surface area is 216 Å². The Balaban J connectivity index is 0.000000155. The predicted octanol–water partition coefficient (Wildman–Crippen LogP) is 2.08. The fourth-order valence-electron chi connectivity index (χ4n) is 3.66. The number of pyridine rings is 1. The predicted molar refractivity (Wildman–Crippen MR) is 142 cm³/mol. The van der Waals surface area contributed by atoms with Crippen molar-refractivity contribution in [3.8, 4) is 0 Å². The molecular weight excluding hydrogens is 502 g/mol. The molecule has 0 unspecified atom stereocenters. The zero-order chi connectivity index (χ0) is 25.7. The average molecular weight is 528 g/mol. The van der Waals surface area contributed by atoms with Gasteiger partial charge in [0.25, 0.3) is 11.5 Å². The van der Waals surface area contributed by atoms with Crippen molar-refractivity contribution >= 4 is 46.6 Å². The van der Waals surface area contributed by atoms with E-state index in [2.05, 4.69) is 30.3 Å². The van der Waals surface area contributed by atoms with Gasteiger partial charge in [0.2, 0.25) is 5.95 Å². The summed E-state index contributed by atoms with van der Waals surface area (Å²) in [6.45, 7) is 2.72. The van der Waals surface area contributed by atoms with Gasteiger partial charge in [0.15, 0.2) is 0 Å². The van der Waals surface area contributed by atoms with Crippen LogP contribution in [-0.2, 0) is 13.1 Å². The second-order valence-electron chi connectivity index (χ2n) is 8.00. The van der Waals surface area contributed by atoms with Crippen molar-refractivity contribution in [3.05, 3.63) is 75.3 Å². The van der Waals surface area contributed by atoms with Gasteiger partial charge in [-0.3, -0.25) is 19.1 Å². The molecule has 0 aromatic carbocycles. The Morgan fingerprint density at radius 2 is 1.94 bits per heavy atom. The van der Waals surface area contributed by atoms with E-state index in [0.717, 1.165) is 30.9 Å². The third-order valence-electron chi connectivity index (χ3n) is 5.44. The quantitative estimate of drug-likeness (QED) is 0.410. The number of fused-ring (bicyclic) bond motifs is 2. The lowest BCUT2D eigenvalue weighted by Crippen LogP contribution is -2.39. The molecular formula is C23H26ClN9O2S. The summed E-state index contributed by atoms with van der Waals surface area (Å²) in [7, 11) is 0. The second kappa shape index (κ2) is 11.4. The molecule has 1 amide bonds. The van der Waals surface area contributed by atoms with Crippen LogP contribution in [0.15, 0.2) is 47.8 Å². The highest BCUT2D eigenvalue weighted by molar-refractivity contribution is 7.97. The van der Waals surface area contributed by atoms with E-state index in [1.54, 1.807) is 30.2 Å². The number of rotatable bonds is 3. The van der Waals surface area contributed by atoms with Gasteiger partial charge in [-0.05, 0) is 37.1 Å². The van der Waals surface area contributed by atoms with E-state index in [4.69, 9.17) is 17.3 Å². The molecule has 13 heteroatoms. The van der Waals surface area contributed by atoms with Gasteiger partial charge in [0.1, 0.15) is 23.2 Å². The summed E-state index contributed by atoms with van der Waals surface area (Å²) in [6.07, 6.45) is 10.1. The standard InChI is InChI=1S/C12H9ClN4O.C9H11N5O.C2H6S/c13-10-4-6-17-11(10)12(18)16(8-15-17)7-9-3-1-2-5-14-9;10-9-12-5-4-11-8(15)6(5)7(13-9)14-2-1-3-14;1-3-2/h1-6,8H,7H2;1-4H2,(H,11,15)(H2,10,12,13);1-2H3. The smallest absolute Gasteiger partial charge is 0.279 e. The van der Waals surface area contributed by atoms with E-state index < -0.39 is 0 Å². The van der Waals surface area contributed by atoms with E-state index in [1.165, 1.54) is 15.4 Å². The van der Waals surface area contributed by atoms with Crippen LogP contribution in [0.3, 0.4) is 0 Å². The molecule has 2 aliphatic heterocycles. The molecule has 4 aromatic heterocycles. The summed E-state index contributed by atoms with van der Waals surface area (Å²) in [4.78, 5) is 38.2. The van der Waals surface area contributed by atoms with Crippen LogP contribution >= 0.6 is 23.4 Å². The number of anilines is 2. The molecule has 0 radical (unpaired) electrons. The van der Waals surface area contributed by atoms with Gasteiger partial charge in [0, 0.05) is 25.5 Å². The maximum Gasteiger partial charge on any atom is 0.279 e. The maximum absolute atomic E-state index is 12.2. The van der Waals surface area contributed by atoms with Crippen molar-refractivity contribution in [1.82, 2.24) is 34.4 Å². The summed E-state index contributed by atoms with van der Waals surface area (Å²) in [6, 6.07) is 7.22. The molecule has 36 heavy (non-hydrogen) atoms. The fourth-order valence-corrected chi connectivity index (χ4v) is 3.89. The molecule has 1 fully saturated rings. The highest BCUT2D eigenvalue weighted by Gasteiger charge is 2.30. The Morgan fingerprint density at radius 1 is 1.17 bits per heavy atom. The summed E-state index contributed by atoms with van der Waals surface area (Å²) < 4.78 is 2.96. The number of nitrogens with one attached hydrogen (secondary N) is 1. The minimum absolute atomic E-state index is 0.0908. The van der Waals surface area contributed by atoms with Crippen molar-refractivity contribution in [2.24, 2.45) is 0 Å². The summed E-state index contributed by atoms with van der Waals surface area (Å²) >= 11 is 7.71. The van der Waals surface area contributed by atoms with Crippen LogP contribution in [0.1, 0.15) is 28.2 Å². The number of carbonyl (C=O) groups excluding carboxylic acids is 1. The van der Waals surface area contributed by atoms with Gasteiger partial charge < -0.3 is 16.0 Å². The van der Waals surface area contributed by atoms with Gasteiger partial charge in [0.05, 0.1) is 29.5 Å². The number of aromatic nitrogens is 6. The first-order chi connectivity index (χ1) is 17.4. The van der Waals surface area contributed by atoms with Crippen LogP contribution in [0.25, 0.3) is 5.52 Å². The number of halogens is 1. The van der Waals surface area contributed by atoms with Crippen LogP contribution in [0.5, 0.6) is 0 Å². The molecule has 1 saturated heterocycles. The Bertz CT molecular complexity index is 1420. The van der Waals surface area contributed by atoms with Crippen molar-refractivity contribution in [2.75, 3.05) is 36.2 Å². The van der Waals surface area contributed by atoms with E-state index in [-0.39, 0.29) is 17.4 Å². The van der Waals surface area contributed by atoms with Gasteiger partial charge in [-0.1, -0.05) is 17.7 Å². The monoisotopic (exact) mass is 527 g/mol. The van der Waals surface area contributed by atoms with Crippen LogP contribution in [0, 0.1) is 0 Å². The minimum atomic E-state index is -0.175. The molecule has 3 N–H and O–H groups in total. The number of nitrogens with zero attached hydrogens (tertiary/aromatic N) is 7. The van der Waals surface area contributed by atoms with Crippen LogP contribution in [0.2, 0.25) is 5.02 Å². The van der Waals surface area contributed by atoms with E-state index in [1.807, 2.05) is 30.7 Å². The number of amides is 1. The number of thioether (sulfide) groups is 1. The highest BCUT2D eigenvalue weighted by atomic mass is 35.5. The molecule has 6 heterocycles. The highest BCUT2D eigenvalue weighted by Crippen LogP contribution is 2.28. The third kappa shape index (κ3) is 5.44. The van der Waals surface area contributed by atoms with Crippen molar-refractivity contribution in [1.29, 1.82) is 0 Å². The first kappa shape index (κ1) is 25.5. The van der Waals surface area contributed by atoms with Crippen LogP contribution in [-0.4, -0.2) is 60.6 Å². The van der Waals surface area contributed by atoms with E-state index in [9.17, 15) is 9.59 Å². The third-order valence-corrected chi connectivity index (χ3v) is 5.74. The first-order valence-corrected chi connectivity index (χ1v) is 13.2. The molecule has 2 aliphatic rings. The fraction of sp³-hybridized carbons (Fsp3) is 0.304. The minimum Gasteiger partial charge on any atom is -0.368 e. The van der Waals surface area contributed by atoms with Crippen LogP contribution in [0.4, 0.5) is 11.8 Å². The molecule has 11 nitrogen and oxygen atoms in total. The molecule has 4 aromatic rings. The Morgan fingerprint density at radius 3 is 2.61 bits per heavy atom. The number of carbonyl (C=O) groups is 1. The average Bonchev–Trinajstić information content (AvgIpc) is 3.39. The lowest BCUT2D eigenvalue weighted by atomic mass is 10.1. The zero-order valence-corrected chi connectivity index (χ0v) is 21.5. The van der Waals surface area contributed by atoms with Crippen molar-refractivity contribution < 1.29 is 4.79 Å². The molecule has 6 rings (SSSR count). The molecule has 0 atom stereocenters. The van der Waals surface area contributed by atoms with Gasteiger partial charge in [-0.25, -0.2) is 9.50 Å². The molecule has 0 aliphatic carbocycles. The Kier molecular flexibility index (Phi) is 8.06. The lowest BCUT2D eigenvalue weighted by Gasteiger charge is -2.32. The molecule has 0 spiro atoms. The SMILES string of the molecule is CSC.Nc1nc2c(c(N3CCC3)n1)C(=O)NC2.O=c1c2c(Cl)ccn2ncn1Cc1ccccn1. The normalized spacial score (nSPS) is 13.6. The summed E-state index contributed by atoms with van der Waals surface area (Å²) in [5.41, 5.74) is 7.93. The number of hydrogen-bond acceptors (Lipinski definition) is 9. The largest absolute Gasteiger partial charge is 0.368 e. The van der Waals surface area contributed by atoms with Crippen LogP contribution < -0.4 is 21.5 Å². The zero-order valence-electron chi connectivity index (χ0n) is 19.9. The Hall–Kier alpha value is -3.64. The lowest BCUT2D eigenvalue weighted by molar-refractivity contribution is 0.0966. The summed E-state index contributed by atoms with van der Waals surface area (Å²) in [5, 5.41) is 7.26. The van der Waals surface area contributed by atoms with Crippen molar-refractivity contribution in [3.63, 3.8) is 0 Å². The van der Waals surface area contributed by atoms with Crippen molar-refractivity contribution in [2.45, 2.75) is 19.5 Å².